The molecule has 1 N–H and O–H groups in total. The normalized spacial score (nSPS) is 20.0. The topological polar surface area (TPSA) is 125 Å². The Labute approximate surface area is 226 Å². The first-order chi connectivity index (χ1) is 19.0. The lowest BCUT2D eigenvalue weighted by molar-refractivity contribution is 0.0292. The number of amides is 1. The van der Waals surface area contributed by atoms with Crippen molar-refractivity contribution < 1.29 is 14.3 Å². The van der Waals surface area contributed by atoms with Gasteiger partial charge in [0.15, 0.2) is 11.4 Å². The van der Waals surface area contributed by atoms with E-state index in [1.807, 2.05) is 10.9 Å². The molecule has 0 radical (unpaired) electrons. The number of carbonyl (C=O) groups excluding carboxylic acids is 1. The zero-order valence-corrected chi connectivity index (χ0v) is 22.0. The van der Waals surface area contributed by atoms with Gasteiger partial charge in [-0.25, -0.2) is 19.3 Å². The number of nitrogens with zero attached hydrogens (tertiary/aromatic N) is 8. The largest absolute Gasteiger partial charge is 0.489 e. The minimum atomic E-state index is -0.276. The highest BCUT2D eigenvalue weighted by atomic mass is 16.5. The van der Waals surface area contributed by atoms with Gasteiger partial charge in [-0.3, -0.25) is 9.69 Å². The van der Waals surface area contributed by atoms with Gasteiger partial charge in [-0.05, 0) is 48.2 Å². The van der Waals surface area contributed by atoms with Crippen LogP contribution in [0.15, 0.2) is 49.3 Å². The first kappa shape index (κ1) is 25.1. The Balaban J connectivity index is 1.23. The third-order valence-corrected chi connectivity index (χ3v) is 7.24. The molecule has 5 heterocycles. The van der Waals surface area contributed by atoms with Crippen LogP contribution < -0.4 is 10.1 Å². The quantitative estimate of drug-likeness (QED) is 0.419. The summed E-state index contributed by atoms with van der Waals surface area (Å²) in [4.78, 5) is 24.0. The van der Waals surface area contributed by atoms with Gasteiger partial charge >= 0.3 is 0 Å². The van der Waals surface area contributed by atoms with Gasteiger partial charge in [0.05, 0.1) is 38.0 Å². The third-order valence-electron chi connectivity index (χ3n) is 7.24. The Kier molecular flexibility index (Phi) is 7.03. The molecule has 202 valence electrons. The first-order valence-corrected chi connectivity index (χ1v) is 13.0. The van der Waals surface area contributed by atoms with Crippen LogP contribution in [0.4, 0.5) is 0 Å². The van der Waals surface area contributed by atoms with E-state index in [1.54, 1.807) is 35.7 Å². The summed E-state index contributed by atoms with van der Waals surface area (Å²) in [5.74, 6) is 0.163. The van der Waals surface area contributed by atoms with Crippen molar-refractivity contribution in [1.29, 1.82) is 0 Å². The maximum Gasteiger partial charge on any atom is 0.274 e. The smallest absolute Gasteiger partial charge is 0.274 e. The molecule has 0 saturated carbocycles. The number of benzene rings is 1. The van der Waals surface area contributed by atoms with Gasteiger partial charge in [-0.2, -0.15) is 5.10 Å². The van der Waals surface area contributed by atoms with Gasteiger partial charge in [0, 0.05) is 25.8 Å². The van der Waals surface area contributed by atoms with E-state index in [0.29, 0.717) is 45.1 Å². The number of rotatable bonds is 4. The number of carbonyl (C=O) groups is 1. The van der Waals surface area contributed by atoms with Crippen LogP contribution in [0.3, 0.4) is 0 Å². The zero-order chi connectivity index (χ0) is 26.8. The van der Waals surface area contributed by atoms with E-state index in [4.69, 9.17) is 9.47 Å². The van der Waals surface area contributed by atoms with Crippen molar-refractivity contribution in [2.24, 2.45) is 0 Å². The number of ether oxygens (including phenoxy) is 2. The summed E-state index contributed by atoms with van der Waals surface area (Å²) in [6.45, 7) is 8.10. The Bertz CT molecular complexity index is 1450. The summed E-state index contributed by atoms with van der Waals surface area (Å²) in [5.41, 5.74) is 5.89. The fraction of sp³-hybridized carbons (Fsp3) is 0.407. The fourth-order valence-electron chi connectivity index (χ4n) is 5.18. The number of aromatic nitrogens is 7. The van der Waals surface area contributed by atoms with Crippen LogP contribution in [0.1, 0.15) is 38.4 Å². The molecule has 39 heavy (non-hydrogen) atoms. The van der Waals surface area contributed by atoms with Crippen LogP contribution in [0, 0.1) is 13.8 Å². The van der Waals surface area contributed by atoms with Crippen LogP contribution in [-0.2, 0) is 31.0 Å². The third kappa shape index (κ3) is 5.66. The van der Waals surface area contributed by atoms with E-state index in [-0.39, 0.29) is 23.7 Å². The van der Waals surface area contributed by atoms with Crippen molar-refractivity contribution in [3.05, 3.63) is 83.0 Å². The number of hydrogen-bond acceptors (Lipinski definition) is 9. The number of aryl methyl sites for hydroxylation is 2. The Morgan fingerprint density at radius 2 is 2.00 bits per heavy atom. The van der Waals surface area contributed by atoms with E-state index < -0.39 is 0 Å². The Morgan fingerprint density at radius 1 is 1.13 bits per heavy atom. The summed E-state index contributed by atoms with van der Waals surface area (Å²) < 4.78 is 15.7. The van der Waals surface area contributed by atoms with Gasteiger partial charge in [-0.1, -0.05) is 17.3 Å². The molecule has 12 nitrogen and oxygen atoms in total. The fourth-order valence-corrected chi connectivity index (χ4v) is 5.18. The van der Waals surface area contributed by atoms with Crippen molar-refractivity contribution in [2.45, 2.75) is 52.2 Å². The van der Waals surface area contributed by atoms with Crippen LogP contribution in [-0.4, -0.2) is 77.4 Å². The highest BCUT2D eigenvalue weighted by molar-refractivity contribution is 5.95. The van der Waals surface area contributed by atoms with Crippen LogP contribution >= 0.6 is 0 Å². The lowest BCUT2D eigenvalue weighted by atomic mass is 9.99. The second-order valence-electron chi connectivity index (χ2n) is 10.1. The molecular weight excluding hydrogens is 498 g/mol. The molecule has 0 aliphatic carbocycles. The molecule has 2 aliphatic heterocycles. The summed E-state index contributed by atoms with van der Waals surface area (Å²) in [6, 6.07) is 7.75. The van der Waals surface area contributed by atoms with E-state index in [1.165, 1.54) is 22.3 Å². The molecule has 0 unspecified atom stereocenters. The number of likely N-dealkylation sites (tertiary alicyclic amines) is 1. The summed E-state index contributed by atoms with van der Waals surface area (Å²) in [6.07, 6.45) is 6.52. The highest BCUT2D eigenvalue weighted by Crippen LogP contribution is 2.24. The molecule has 1 saturated heterocycles. The number of nitrogens with one attached hydrogen (secondary N) is 1. The predicted molar refractivity (Wildman–Crippen MR) is 140 cm³/mol. The maximum absolute atomic E-state index is 13.3. The summed E-state index contributed by atoms with van der Waals surface area (Å²) in [7, 11) is 0. The van der Waals surface area contributed by atoms with Gasteiger partial charge in [0.1, 0.15) is 25.0 Å². The van der Waals surface area contributed by atoms with E-state index in [0.717, 1.165) is 12.2 Å². The van der Waals surface area contributed by atoms with Gasteiger partial charge < -0.3 is 14.8 Å². The molecule has 2 atom stereocenters. The van der Waals surface area contributed by atoms with Gasteiger partial charge in [0.25, 0.3) is 5.91 Å². The zero-order valence-electron chi connectivity index (χ0n) is 22.0. The second-order valence-corrected chi connectivity index (χ2v) is 10.1. The van der Waals surface area contributed by atoms with E-state index >= 15 is 0 Å². The van der Waals surface area contributed by atoms with Crippen molar-refractivity contribution in [1.82, 2.24) is 45.0 Å². The molecule has 2 bridgehead atoms. The molecule has 12 heteroatoms. The Hall–Kier alpha value is -4.16. The average Bonchev–Trinajstić information content (AvgIpc) is 3.68. The lowest BCUT2D eigenvalue weighted by Crippen LogP contribution is -2.44. The first-order valence-electron chi connectivity index (χ1n) is 13.0. The summed E-state index contributed by atoms with van der Waals surface area (Å²) >= 11 is 0. The molecule has 6 rings (SSSR count). The molecule has 3 aromatic heterocycles. The number of fused-ring (bicyclic) bond motifs is 4. The van der Waals surface area contributed by atoms with Crippen LogP contribution in [0.25, 0.3) is 0 Å². The van der Waals surface area contributed by atoms with Gasteiger partial charge in [-0.15, -0.1) is 5.10 Å². The minimum absolute atomic E-state index is 0.226. The molecular formula is C27H31N9O3. The minimum Gasteiger partial charge on any atom is -0.489 e. The van der Waals surface area contributed by atoms with Crippen molar-refractivity contribution in [3.63, 3.8) is 0 Å². The van der Waals surface area contributed by atoms with Crippen molar-refractivity contribution in [2.75, 3.05) is 19.7 Å². The van der Waals surface area contributed by atoms with Crippen molar-refractivity contribution >= 4 is 5.91 Å². The summed E-state index contributed by atoms with van der Waals surface area (Å²) in [5, 5.41) is 15.8. The van der Waals surface area contributed by atoms with E-state index in [2.05, 4.69) is 61.6 Å². The highest BCUT2D eigenvalue weighted by Gasteiger charge is 2.36. The SMILES string of the molecule is Cc1cc(C)c(Cn2cncn2)cc1CN1C[C@@H]2NC(=O)c3ncccc3OCCn3cc(nn3)CO[C@H]2C1. The van der Waals surface area contributed by atoms with E-state index in [9.17, 15) is 4.79 Å². The average molecular weight is 530 g/mol. The molecule has 1 aromatic carbocycles. The molecule has 4 aromatic rings. The standard InChI is InChI=1S/C27H31N9O3/c1-18-8-19(2)21(11-36-17-28-16-30-36)9-20(18)10-34-13-23-25(14-34)39-15-22-12-35(33-32-22)6-7-38-24-4-3-5-29-26(24)27(37)31-23/h3-5,8-9,12,16-17,23,25H,6-7,10-11,13-15H2,1-2H3,(H,31,37)/t23-,25-/m0/s1. The maximum atomic E-state index is 13.3. The number of hydrogen-bond donors (Lipinski definition) is 1. The molecule has 0 spiro atoms. The molecule has 1 amide bonds. The molecule has 1 fully saturated rings. The number of pyridine rings is 1. The van der Waals surface area contributed by atoms with Crippen LogP contribution in [0.2, 0.25) is 0 Å². The van der Waals surface area contributed by atoms with Crippen LogP contribution in [0.5, 0.6) is 5.75 Å². The second kappa shape index (κ2) is 10.9. The Morgan fingerprint density at radius 3 is 2.85 bits per heavy atom. The predicted octanol–water partition coefficient (Wildman–Crippen LogP) is 1.52. The van der Waals surface area contributed by atoms with Gasteiger partial charge in [0.2, 0.25) is 0 Å². The monoisotopic (exact) mass is 529 g/mol. The lowest BCUT2D eigenvalue weighted by Gasteiger charge is -2.20. The van der Waals surface area contributed by atoms with Crippen molar-refractivity contribution in [3.8, 4) is 5.75 Å². The molecule has 2 aliphatic rings.